The number of hydrogen-bond acceptors (Lipinski definition) is 4. The lowest BCUT2D eigenvalue weighted by atomic mass is 10.1. The molecule has 2 N–H and O–H groups in total. The number of esters is 1. The van der Waals surface area contributed by atoms with Gasteiger partial charge in [-0.1, -0.05) is 39.5 Å². The summed E-state index contributed by atoms with van der Waals surface area (Å²) in [5.41, 5.74) is 0.552. The largest absolute Gasteiger partial charge is 0.465 e. The maximum absolute atomic E-state index is 11.8. The Bertz CT molecular complexity index is 486. The van der Waals surface area contributed by atoms with Crippen molar-refractivity contribution in [1.29, 1.82) is 0 Å². The van der Waals surface area contributed by atoms with Gasteiger partial charge in [-0.2, -0.15) is 0 Å². The van der Waals surface area contributed by atoms with E-state index >= 15 is 0 Å². The third-order valence-electron chi connectivity index (χ3n) is 3.33. The Morgan fingerprint density at radius 2 is 2.00 bits per heavy atom. The van der Waals surface area contributed by atoms with Crippen molar-refractivity contribution >= 4 is 39.6 Å². The van der Waals surface area contributed by atoms with Gasteiger partial charge in [0.1, 0.15) is 5.00 Å². The van der Waals surface area contributed by atoms with Gasteiger partial charge in [-0.05, 0) is 31.1 Å². The molecule has 6 heteroatoms. The molecule has 0 saturated heterocycles. The first-order valence-electron chi connectivity index (χ1n) is 7.88. The number of unbranched alkanes of at least 4 members (excludes halogenated alkanes) is 4. The minimum Gasteiger partial charge on any atom is -0.465 e. The Balaban J connectivity index is 2.46. The van der Waals surface area contributed by atoms with Crippen LogP contribution in [0.25, 0.3) is 0 Å². The summed E-state index contributed by atoms with van der Waals surface area (Å²) in [5.74, 6) is -0.333. The van der Waals surface area contributed by atoms with Crippen LogP contribution in [0.5, 0.6) is 0 Å². The van der Waals surface area contributed by atoms with Crippen LogP contribution >= 0.6 is 23.6 Å². The van der Waals surface area contributed by atoms with Crippen LogP contribution in [-0.2, 0) is 11.2 Å². The minimum absolute atomic E-state index is 0.333. The van der Waals surface area contributed by atoms with Crippen LogP contribution in [0, 0.1) is 0 Å². The molecule has 0 amide bonds. The van der Waals surface area contributed by atoms with Crippen molar-refractivity contribution in [2.75, 3.05) is 19.0 Å². The Morgan fingerprint density at radius 1 is 1.27 bits per heavy atom. The van der Waals surface area contributed by atoms with E-state index in [1.807, 2.05) is 6.07 Å². The molecule has 1 rings (SSSR count). The molecule has 4 nitrogen and oxygen atoms in total. The van der Waals surface area contributed by atoms with Gasteiger partial charge >= 0.3 is 5.97 Å². The molecule has 0 spiro atoms. The second-order valence-electron chi connectivity index (χ2n) is 5.10. The van der Waals surface area contributed by atoms with Gasteiger partial charge in [-0.3, -0.25) is 0 Å². The van der Waals surface area contributed by atoms with E-state index in [0.29, 0.717) is 10.7 Å². The van der Waals surface area contributed by atoms with Crippen LogP contribution in [0.4, 0.5) is 5.00 Å². The molecule has 0 saturated carbocycles. The predicted octanol–water partition coefficient (Wildman–Crippen LogP) is 4.35. The van der Waals surface area contributed by atoms with Gasteiger partial charge in [-0.25, -0.2) is 4.79 Å². The summed E-state index contributed by atoms with van der Waals surface area (Å²) in [4.78, 5) is 12.9. The second kappa shape index (κ2) is 10.6. The molecule has 124 valence electrons. The van der Waals surface area contributed by atoms with E-state index in [4.69, 9.17) is 17.0 Å². The lowest BCUT2D eigenvalue weighted by molar-refractivity contribution is 0.0602. The van der Waals surface area contributed by atoms with E-state index < -0.39 is 0 Å². The van der Waals surface area contributed by atoms with Crippen molar-refractivity contribution < 1.29 is 9.53 Å². The van der Waals surface area contributed by atoms with Crippen molar-refractivity contribution in [3.63, 3.8) is 0 Å². The van der Waals surface area contributed by atoms with Gasteiger partial charge in [0.05, 0.1) is 12.7 Å². The Hall–Kier alpha value is -1.14. The maximum atomic E-state index is 11.8. The summed E-state index contributed by atoms with van der Waals surface area (Å²) in [6.07, 6.45) is 7.03. The first-order valence-corrected chi connectivity index (χ1v) is 9.10. The molecule has 0 aliphatic rings. The molecule has 1 heterocycles. The number of nitrogens with one attached hydrogen (secondary N) is 2. The number of ether oxygens (including phenoxy) is 1. The summed E-state index contributed by atoms with van der Waals surface area (Å²) in [6, 6.07) is 1.87. The lowest BCUT2D eigenvalue weighted by Crippen LogP contribution is -2.29. The third-order valence-corrected chi connectivity index (χ3v) is 4.77. The van der Waals surface area contributed by atoms with Crippen molar-refractivity contribution in [2.24, 2.45) is 0 Å². The van der Waals surface area contributed by atoms with Crippen LogP contribution in [0.2, 0.25) is 0 Å². The van der Waals surface area contributed by atoms with Crippen LogP contribution in [0.1, 0.15) is 61.2 Å². The zero-order chi connectivity index (χ0) is 16.4. The molecule has 1 aromatic rings. The Morgan fingerprint density at radius 3 is 2.64 bits per heavy atom. The van der Waals surface area contributed by atoms with Gasteiger partial charge < -0.3 is 15.4 Å². The number of hydrogen-bond donors (Lipinski definition) is 2. The molecule has 0 aliphatic heterocycles. The lowest BCUT2D eigenvalue weighted by Gasteiger charge is -2.10. The third kappa shape index (κ3) is 6.32. The number of thiocarbonyl (C=S) groups is 1. The van der Waals surface area contributed by atoms with Crippen molar-refractivity contribution in [2.45, 2.75) is 52.4 Å². The molecular formula is C16H26N2O2S2. The number of thiophene rings is 1. The van der Waals surface area contributed by atoms with Gasteiger partial charge in [0.25, 0.3) is 0 Å². The summed E-state index contributed by atoms with van der Waals surface area (Å²) >= 11 is 6.84. The highest BCUT2D eigenvalue weighted by molar-refractivity contribution is 7.80. The topological polar surface area (TPSA) is 50.4 Å². The van der Waals surface area contributed by atoms with Gasteiger partial charge in [-0.15, -0.1) is 11.3 Å². The summed E-state index contributed by atoms with van der Waals surface area (Å²) in [5, 5.41) is 7.63. The number of carbonyl (C=O) groups excluding carboxylic acids is 1. The summed E-state index contributed by atoms with van der Waals surface area (Å²) < 4.78 is 4.82. The quantitative estimate of drug-likeness (QED) is 0.397. The number of anilines is 1. The first-order chi connectivity index (χ1) is 10.6. The van der Waals surface area contributed by atoms with Crippen molar-refractivity contribution in [3.05, 3.63) is 16.5 Å². The van der Waals surface area contributed by atoms with E-state index in [1.54, 1.807) is 11.3 Å². The predicted molar refractivity (Wildman–Crippen MR) is 98.0 cm³/mol. The van der Waals surface area contributed by atoms with E-state index in [0.717, 1.165) is 29.3 Å². The zero-order valence-electron chi connectivity index (χ0n) is 13.7. The number of rotatable bonds is 9. The van der Waals surface area contributed by atoms with E-state index in [2.05, 4.69) is 24.5 Å². The highest BCUT2D eigenvalue weighted by Crippen LogP contribution is 2.29. The van der Waals surface area contributed by atoms with Crippen LogP contribution < -0.4 is 10.6 Å². The van der Waals surface area contributed by atoms with Crippen LogP contribution in [0.15, 0.2) is 6.07 Å². The fourth-order valence-corrected chi connectivity index (χ4v) is 3.31. The average molecular weight is 343 g/mol. The fraction of sp³-hybridized carbons (Fsp3) is 0.625. The molecule has 1 aromatic heterocycles. The smallest absolute Gasteiger partial charge is 0.340 e. The van der Waals surface area contributed by atoms with Crippen molar-refractivity contribution in [1.82, 2.24) is 5.32 Å². The Kier molecular flexibility index (Phi) is 9.08. The molecule has 0 unspecified atom stereocenters. The molecule has 0 bridgehead atoms. The molecule has 0 aromatic carbocycles. The van der Waals surface area contributed by atoms with E-state index in [9.17, 15) is 4.79 Å². The number of aryl methyl sites for hydroxylation is 1. The van der Waals surface area contributed by atoms with E-state index in [1.165, 1.54) is 32.8 Å². The average Bonchev–Trinajstić information content (AvgIpc) is 2.93. The zero-order valence-corrected chi connectivity index (χ0v) is 15.3. The summed E-state index contributed by atoms with van der Waals surface area (Å²) in [7, 11) is 1.39. The SMILES string of the molecule is CCCCCCCNC(=S)Nc1sc(CC)cc1C(=O)OC. The van der Waals surface area contributed by atoms with Gasteiger partial charge in [0.2, 0.25) is 0 Å². The van der Waals surface area contributed by atoms with E-state index in [-0.39, 0.29) is 5.97 Å². The van der Waals surface area contributed by atoms with Crippen LogP contribution in [0.3, 0.4) is 0 Å². The van der Waals surface area contributed by atoms with Gasteiger partial charge in [0.15, 0.2) is 5.11 Å². The first kappa shape index (κ1) is 18.9. The molecule has 0 radical (unpaired) electrons. The molecule has 0 fully saturated rings. The monoisotopic (exact) mass is 342 g/mol. The number of methoxy groups -OCH3 is 1. The summed E-state index contributed by atoms with van der Waals surface area (Å²) in [6.45, 7) is 5.13. The molecule has 0 atom stereocenters. The Labute approximate surface area is 142 Å². The molecule has 0 aliphatic carbocycles. The van der Waals surface area contributed by atoms with Crippen LogP contribution in [-0.4, -0.2) is 24.7 Å². The number of carbonyl (C=O) groups is 1. The fourth-order valence-electron chi connectivity index (χ4n) is 2.05. The molecule has 22 heavy (non-hydrogen) atoms. The minimum atomic E-state index is -0.333. The maximum Gasteiger partial charge on any atom is 0.340 e. The van der Waals surface area contributed by atoms with Gasteiger partial charge in [0, 0.05) is 11.4 Å². The molecular weight excluding hydrogens is 316 g/mol. The normalized spacial score (nSPS) is 10.3. The van der Waals surface area contributed by atoms with Crippen molar-refractivity contribution in [3.8, 4) is 0 Å². The highest BCUT2D eigenvalue weighted by atomic mass is 32.1. The standard InChI is InChI=1S/C16H26N2O2S2/c1-4-6-7-8-9-10-17-16(21)18-14-13(15(19)20-3)11-12(5-2)22-14/h11H,4-10H2,1-3H3,(H2,17,18,21). The second-order valence-corrected chi connectivity index (χ2v) is 6.64. The highest BCUT2D eigenvalue weighted by Gasteiger charge is 2.16.